The normalized spacial score (nSPS) is 10.6. The van der Waals surface area contributed by atoms with Crippen LogP contribution >= 0.6 is 0 Å². The summed E-state index contributed by atoms with van der Waals surface area (Å²) in [5.74, 6) is -0.256. The van der Waals surface area contributed by atoms with E-state index in [1.807, 2.05) is 13.8 Å². The molecule has 0 radical (unpaired) electrons. The van der Waals surface area contributed by atoms with Crippen molar-refractivity contribution >= 4 is 5.91 Å². The molecule has 0 aromatic carbocycles. The molecular formula is C9H16N2O2. The van der Waals surface area contributed by atoms with Gasteiger partial charge in [-0.3, -0.25) is 4.79 Å². The first-order valence-electron chi connectivity index (χ1n) is 4.26. The van der Waals surface area contributed by atoms with Crippen LogP contribution in [-0.4, -0.2) is 24.2 Å². The molecule has 74 valence electrons. The summed E-state index contributed by atoms with van der Waals surface area (Å²) in [6.07, 6.45) is 0.537. The molecule has 0 saturated heterocycles. The number of nitriles is 1. The van der Waals surface area contributed by atoms with Crippen LogP contribution in [0.2, 0.25) is 0 Å². The first kappa shape index (κ1) is 11.9. The van der Waals surface area contributed by atoms with Gasteiger partial charge < -0.3 is 10.4 Å². The minimum Gasteiger partial charge on any atom is -0.396 e. The zero-order valence-corrected chi connectivity index (χ0v) is 8.13. The Balaban J connectivity index is 3.75. The van der Waals surface area contributed by atoms with Gasteiger partial charge >= 0.3 is 0 Å². The SMILES string of the molecule is CC(C)(CCO)CNC(=O)CC#N. The summed E-state index contributed by atoms with van der Waals surface area (Å²) in [4.78, 5) is 10.9. The first-order valence-corrected chi connectivity index (χ1v) is 4.26. The predicted molar refractivity (Wildman–Crippen MR) is 48.7 cm³/mol. The molecule has 13 heavy (non-hydrogen) atoms. The Morgan fingerprint density at radius 1 is 1.62 bits per heavy atom. The van der Waals surface area contributed by atoms with Gasteiger partial charge in [0, 0.05) is 13.2 Å². The van der Waals surface area contributed by atoms with Crippen molar-refractivity contribution < 1.29 is 9.90 Å². The molecule has 4 heteroatoms. The van der Waals surface area contributed by atoms with Crippen molar-refractivity contribution in [3.05, 3.63) is 0 Å². The van der Waals surface area contributed by atoms with Gasteiger partial charge in [-0.05, 0) is 11.8 Å². The van der Waals surface area contributed by atoms with E-state index < -0.39 is 0 Å². The fourth-order valence-corrected chi connectivity index (χ4v) is 0.863. The maximum Gasteiger partial charge on any atom is 0.234 e. The highest BCUT2D eigenvalue weighted by Crippen LogP contribution is 2.17. The Morgan fingerprint density at radius 3 is 2.69 bits per heavy atom. The number of carbonyl (C=O) groups excluding carboxylic acids is 1. The lowest BCUT2D eigenvalue weighted by molar-refractivity contribution is -0.120. The zero-order chi connectivity index (χ0) is 10.3. The monoisotopic (exact) mass is 184 g/mol. The molecule has 4 nitrogen and oxygen atoms in total. The fourth-order valence-electron chi connectivity index (χ4n) is 0.863. The summed E-state index contributed by atoms with van der Waals surface area (Å²) in [6, 6.07) is 1.77. The minimum atomic E-state index is -0.256. The summed E-state index contributed by atoms with van der Waals surface area (Å²) >= 11 is 0. The molecule has 0 aromatic rings. The molecule has 0 aliphatic carbocycles. The van der Waals surface area contributed by atoms with Crippen LogP contribution in [0.5, 0.6) is 0 Å². The van der Waals surface area contributed by atoms with Gasteiger partial charge in [0.2, 0.25) is 5.91 Å². The van der Waals surface area contributed by atoms with Crippen LogP contribution in [0.1, 0.15) is 26.7 Å². The van der Waals surface area contributed by atoms with Crippen molar-refractivity contribution in [2.75, 3.05) is 13.2 Å². The van der Waals surface area contributed by atoms with Gasteiger partial charge in [-0.15, -0.1) is 0 Å². The summed E-state index contributed by atoms with van der Waals surface area (Å²) < 4.78 is 0. The number of hydrogen-bond donors (Lipinski definition) is 2. The Hall–Kier alpha value is -1.08. The number of aliphatic hydroxyl groups excluding tert-OH is 1. The highest BCUT2D eigenvalue weighted by Gasteiger charge is 2.17. The molecule has 2 N–H and O–H groups in total. The zero-order valence-electron chi connectivity index (χ0n) is 8.13. The molecule has 0 aromatic heterocycles. The number of amides is 1. The van der Waals surface area contributed by atoms with E-state index in [0.29, 0.717) is 13.0 Å². The lowest BCUT2D eigenvalue weighted by atomic mass is 9.90. The largest absolute Gasteiger partial charge is 0.396 e. The number of carbonyl (C=O) groups is 1. The number of aliphatic hydroxyl groups is 1. The van der Waals surface area contributed by atoms with E-state index in [2.05, 4.69) is 5.32 Å². The summed E-state index contributed by atoms with van der Waals surface area (Å²) in [5.41, 5.74) is -0.111. The van der Waals surface area contributed by atoms with E-state index in [1.54, 1.807) is 6.07 Å². The Kier molecular flexibility index (Phi) is 5.09. The van der Waals surface area contributed by atoms with Gasteiger partial charge in [-0.1, -0.05) is 13.8 Å². The summed E-state index contributed by atoms with van der Waals surface area (Å²) in [6.45, 7) is 4.51. The molecule has 0 spiro atoms. The van der Waals surface area contributed by atoms with Crippen molar-refractivity contribution in [2.24, 2.45) is 5.41 Å². The standard InChI is InChI=1S/C9H16N2O2/c1-9(2,4-6-12)7-11-8(13)3-5-10/h12H,3-4,6-7H2,1-2H3,(H,11,13). The van der Waals surface area contributed by atoms with E-state index in [4.69, 9.17) is 10.4 Å². The number of hydrogen-bond acceptors (Lipinski definition) is 3. The second-order valence-electron chi connectivity index (χ2n) is 3.75. The Bertz CT molecular complexity index is 206. The molecule has 0 bridgehead atoms. The Labute approximate surface area is 78.6 Å². The van der Waals surface area contributed by atoms with Crippen LogP contribution in [0.4, 0.5) is 0 Å². The average molecular weight is 184 g/mol. The fraction of sp³-hybridized carbons (Fsp3) is 0.778. The van der Waals surface area contributed by atoms with Crippen LogP contribution in [0, 0.1) is 16.7 Å². The van der Waals surface area contributed by atoms with Crippen LogP contribution < -0.4 is 5.32 Å². The second kappa shape index (κ2) is 5.55. The third kappa shape index (κ3) is 6.12. The van der Waals surface area contributed by atoms with Gasteiger partial charge in [-0.2, -0.15) is 5.26 Å². The lowest BCUT2D eigenvalue weighted by Crippen LogP contribution is -2.34. The molecule has 0 fully saturated rings. The Morgan fingerprint density at radius 2 is 2.23 bits per heavy atom. The second-order valence-corrected chi connectivity index (χ2v) is 3.75. The highest BCUT2D eigenvalue weighted by atomic mass is 16.3. The third-order valence-electron chi connectivity index (χ3n) is 1.79. The number of nitrogens with zero attached hydrogens (tertiary/aromatic N) is 1. The van der Waals surface area contributed by atoms with E-state index in [1.165, 1.54) is 0 Å². The van der Waals surface area contributed by atoms with Crippen molar-refractivity contribution in [1.82, 2.24) is 5.32 Å². The van der Waals surface area contributed by atoms with Crippen molar-refractivity contribution in [3.8, 4) is 6.07 Å². The van der Waals surface area contributed by atoms with Gasteiger partial charge in [0.05, 0.1) is 6.07 Å². The first-order chi connectivity index (χ1) is 6.02. The molecule has 0 aliphatic rings. The van der Waals surface area contributed by atoms with Crippen LogP contribution in [0.25, 0.3) is 0 Å². The van der Waals surface area contributed by atoms with Crippen LogP contribution in [-0.2, 0) is 4.79 Å². The van der Waals surface area contributed by atoms with E-state index in [-0.39, 0.29) is 24.3 Å². The molecule has 0 heterocycles. The summed E-state index contributed by atoms with van der Waals surface area (Å²) in [7, 11) is 0. The van der Waals surface area contributed by atoms with Gasteiger partial charge in [0.15, 0.2) is 0 Å². The van der Waals surface area contributed by atoms with Gasteiger partial charge in [0.1, 0.15) is 6.42 Å². The highest BCUT2D eigenvalue weighted by molar-refractivity contribution is 5.77. The molecular weight excluding hydrogens is 168 g/mol. The van der Waals surface area contributed by atoms with Crippen molar-refractivity contribution in [1.29, 1.82) is 5.26 Å². The van der Waals surface area contributed by atoms with Crippen molar-refractivity contribution in [3.63, 3.8) is 0 Å². The van der Waals surface area contributed by atoms with Crippen molar-refractivity contribution in [2.45, 2.75) is 26.7 Å². The summed E-state index contributed by atoms with van der Waals surface area (Å²) in [5, 5.41) is 19.6. The van der Waals surface area contributed by atoms with E-state index >= 15 is 0 Å². The molecule has 1 amide bonds. The molecule has 0 rings (SSSR count). The van der Waals surface area contributed by atoms with Crippen LogP contribution in [0.15, 0.2) is 0 Å². The van der Waals surface area contributed by atoms with Gasteiger partial charge in [0.25, 0.3) is 0 Å². The maximum absolute atomic E-state index is 10.9. The predicted octanol–water partition coefficient (Wildman–Crippen LogP) is 0.425. The van der Waals surface area contributed by atoms with E-state index in [0.717, 1.165) is 0 Å². The third-order valence-corrected chi connectivity index (χ3v) is 1.79. The van der Waals surface area contributed by atoms with Gasteiger partial charge in [-0.25, -0.2) is 0 Å². The van der Waals surface area contributed by atoms with Crippen LogP contribution in [0.3, 0.4) is 0 Å². The minimum absolute atomic E-state index is 0.102. The quantitative estimate of drug-likeness (QED) is 0.650. The molecule has 0 unspecified atom stereocenters. The number of rotatable bonds is 5. The number of nitrogens with one attached hydrogen (secondary N) is 1. The maximum atomic E-state index is 10.9. The molecule has 0 aliphatic heterocycles. The average Bonchev–Trinajstić information content (AvgIpc) is 2.02. The van der Waals surface area contributed by atoms with E-state index in [9.17, 15) is 4.79 Å². The lowest BCUT2D eigenvalue weighted by Gasteiger charge is -2.23. The topological polar surface area (TPSA) is 73.1 Å². The molecule has 0 saturated carbocycles. The molecule has 0 atom stereocenters. The smallest absolute Gasteiger partial charge is 0.234 e.